The number of methoxy groups -OCH3 is 2. The highest BCUT2D eigenvalue weighted by Crippen LogP contribution is 2.23. The van der Waals surface area contributed by atoms with Gasteiger partial charge in [0.05, 0.1) is 14.2 Å². The van der Waals surface area contributed by atoms with Crippen LogP contribution in [0.5, 0.6) is 0 Å². The molecule has 0 bridgehead atoms. The van der Waals surface area contributed by atoms with Crippen molar-refractivity contribution in [3.63, 3.8) is 0 Å². The van der Waals surface area contributed by atoms with Crippen LogP contribution in [0.15, 0.2) is 30.5 Å². The Labute approximate surface area is 104 Å². The van der Waals surface area contributed by atoms with Crippen LogP contribution in [-0.4, -0.2) is 31.1 Å². The predicted molar refractivity (Wildman–Crippen MR) is 65.1 cm³/mol. The fraction of sp³-hybridized carbons (Fsp3) is 0.231. The zero-order valence-electron chi connectivity index (χ0n) is 10.1. The highest BCUT2D eigenvalue weighted by molar-refractivity contribution is 6.01. The number of H-pyrrole nitrogens is 1. The van der Waals surface area contributed by atoms with Gasteiger partial charge in [0.2, 0.25) is 0 Å². The zero-order valence-corrected chi connectivity index (χ0v) is 10.1. The first-order chi connectivity index (χ1) is 8.67. The molecule has 1 aromatic carbocycles. The number of carbonyl (C=O) groups excluding carboxylic acids is 2. The van der Waals surface area contributed by atoms with Crippen molar-refractivity contribution in [2.75, 3.05) is 14.2 Å². The predicted octanol–water partition coefficient (Wildman–Crippen LogP) is 1.60. The van der Waals surface area contributed by atoms with E-state index >= 15 is 0 Å². The molecule has 0 radical (unpaired) electrons. The van der Waals surface area contributed by atoms with Gasteiger partial charge in [-0.25, -0.2) is 0 Å². The topological polar surface area (TPSA) is 68.4 Å². The molecule has 0 amide bonds. The van der Waals surface area contributed by atoms with Crippen LogP contribution in [0.4, 0.5) is 0 Å². The Balaban J connectivity index is 2.46. The van der Waals surface area contributed by atoms with Crippen molar-refractivity contribution < 1.29 is 19.1 Å². The van der Waals surface area contributed by atoms with Gasteiger partial charge < -0.3 is 14.5 Å². The van der Waals surface area contributed by atoms with E-state index in [1.54, 1.807) is 18.3 Å². The third kappa shape index (κ3) is 2.07. The zero-order chi connectivity index (χ0) is 13.1. The van der Waals surface area contributed by atoms with Crippen molar-refractivity contribution in [3.8, 4) is 0 Å². The van der Waals surface area contributed by atoms with Crippen LogP contribution >= 0.6 is 0 Å². The maximum absolute atomic E-state index is 11.7. The molecule has 1 aromatic heterocycles. The first-order valence-electron chi connectivity index (χ1n) is 5.40. The number of aromatic amines is 1. The molecule has 5 nitrogen and oxygen atoms in total. The third-order valence-corrected chi connectivity index (χ3v) is 2.78. The molecular weight excluding hydrogens is 234 g/mol. The Bertz CT molecular complexity index is 571. The molecule has 1 heterocycles. The largest absolute Gasteiger partial charge is 0.468 e. The van der Waals surface area contributed by atoms with E-state index in [4.69, 9.17) is 0 Å². The molecular formula is C13H13NO4. The molecule has 0 saturated carbocycles. The van der Waals surface area contributed by atoms with E-state index in [9.17, 15) is 9.59 Å². The second-order valence-corrected chi connectivity index (χ2v) is 3.80. The average Bonchev–Trinajstić information content (AvgIpc) is 2.85. The van der Waals surface area contributed by atoms with Crippen LogP contribution in [0, 0.1) is 0 Å². The van der Waals surface area contributed by atoms with Gasteiger partial charge in [-0.05, 0) is 29.1 Å². The van der Waals surface area contributed by atoms with Crippen molar-refractivity contribution in [2.24, 2.45) is 0 Å². The quantitative estimate of drug-likeness (QED) is 0.660. The fourth-order valence-electron chi connectivity index (χ4n) is 1.86. The Hall–Kier alpha value is -2.30. The summed E-state index contributed by atoms with van der Waals surface area (Å²) in [6, 6.07) is 7.15. The highest BCUT2D eigenvalue weighted by Gasteiger charge is 2.30. The minimum atomic E-state index is -1.04. The lowest BCUT2D eigenvalue weighted by Gasteiger charge is -2.12. The van der Waals surface area contributed by atoms with E-state index in [0.717, 1.165) is 10.9 Å². The first-order valence-corrected chi connectivity index (χ1v) is 5.40. The standard InChI is InChI=1S/C13H13NO4/c1-17-12(15)11(13(16)18-2)9-3-4-10-8(7-9)5-6-14-10/h3-7,11,14H,1-2H3. The summed E-state index contributed by atoms with van der Waals surface area (Å²) in [5, 5.41) is 0.922. The van der Waals surface area contributed by atoms with Gasteiger partial charge in [0.15, 0.2) is 5.92 Å². The second-order valence-electron chi connectivity index (χ2n) is 3.80. The summed E-state index contributed by atoms with van der Waals surface area (Å²) < 4.78 is 9.27. The van der Waals surface area contributed by atoms with Crippen LogP contribution in [0.3, 0.4) is 0 Å². The number of aromatic nitrogens is 1. The van der Waals surface area contributed by atoms with Crippen LogP contribution in [0.25, 0.3) is 10.9 Å². The number of hydrogen-bond donors (Lipinski definition) is 1. The number of hydrogen-bond acceptors (Lipinski definition) is 4. The Kier molecular flexibility index (Phi) is 3.32. The molecule has 18 heavy (non-hydrogen) atoms. The number of carbonyl (C=O) groups is 2. The Morgan fingerprint density at radius 1 is 1.11 bits per heavy atom. The summed E-state index contributed by atoms with van der Waals surface area (Å²) in [6.07, 6.45) is 1.79. The summed E-state index contributed by atoms with van der Waals surface area (Å²) in [5.41, 5.74) is 1.49. The minimum absolute atomic E-state index is 0.556. The van der Waals surface area contributed by atoms with Crippen LogP contribution < -0.4 is 0 Å². The molecule has 0 saturated heterocycles. The fourth-order valence-corrected chi connectivity index (χ4v) is 1.86. The van der Waals surface area contributed by atoms with Gasteiger partial charge in [0.1, 0.15) is 0 Å². The minimum Gasteiger partial charge on any atom is -0.468 e. The van der Waals surface area contributed by atoms with Gasteiger partial charge in [0.25, 0.3) is 0 Å². The number of benzene rings is 1. The molecule has 0 atom stereocenters. The van der Waals surface area contributed by atoms with E-state index in [-0.39, 0.29) is 0 Å². The lowest BCUT2D eigenvalue weighted by Crippen LogP contribution is -2.24. The normalized spacial score (nSPS) is 10.6. The number of esters is 2. The van der Waals surface area contributed by atoms with E-state index in [1.807, 2.05) is 12.1 Å². The smallest absolute Gasteiger partial charge is 0.324 e. The summed E-state index contributed by atoms with van der Waals surface area (Å²) in [6.45, 7) is 0. The summed E-state index contributed by atoms with van der Waals surface area (Å²) in [7, 11) is 2.49. The van der Waals surface area contributed by atoms with E-state index in [2.05, 4.69) is 14.5 Å². The molecule has 0 aliphatic heterocycles. The number of fused-ring (bicyclic) bond motifs is 1. The molecule has 0 spiro atoms. The first kappa shape index (κ1) is 12.2. The van der Waals surface area contributed by atoms with Crippen molar-refractivity contribution >= 4 is 22.8 Å². The number of ether oxygens (including phenoxy) is 2. The number of rotatable bonds is 3. The second kappa shape index (κ2) is 4.91. The third-order valence-electron chi connectivity index (χ3n) is 2.78. The molecule has 0 aliphatic carbocycles. The molecule has 0 fully saturated rings. The Morgan fingerprint density at radius 2 is 1.78 bits per heavy atom. The van der Waals surface area contributed by atoms with Gasteiger partial charge in [-0.3, -0.25) is 9.59 Å². The molecule has 0 unspecified atom stereocenters. The van der Waals surface area contributed by atoms with Gasteiger partial charge in [-0.15, -0.1) is 0 Å². The van der Waals surface area contributed by atoms with E-state index < -0.39 is 17.9 Å². The van der Waals surface area contributed by atoms with E-state index in [1.165, 1.54) is 14.2 Å². The van der Waals surface area contributed by atoms with Gasteiger partial charge in [-0.2, -0.15) is 0 Å². The SMILES string of the molecule is COC(=O)C(C(=O)OC)c1ccc2[nH]ccc2c1. The molecule has 2 rings (SSSR count). The average molecular weight is 247 g/mol. The molecule has 2 aromatic rings. The summed E-state index contributed by atoms with van der Waals surface area (Å²) in [5.74, 6) is -2.30. The molecule has 5 heteroatoms. The molecule has 1 N–H and O–H groups in total. The van der Waals surface area contributed by atoms with Crippen LogP contribution in [-0.2, 0) is 19.1 Å². The van der Waals surface area contributed by atoms with Crippen LogP contribution in [0.2, 0.25) is 0 Å². The van der Waals surface area contributed by atoms with Crippen molar-refractivity contribution in [1.29, 1.82) is 0 Å². The maximum atomic E-state index is 11.7. The summed E-state index contributed by atoms with van der Waals surface area (Å²) in [4.78, 5) is 26.4. The van der Waals surface area contributed by atoms with Gasteiger partial charge >= 0.3 is 11.9 Å². The lowest BCUT2D eigenvalue weighted by atomic mass is 9.98. The lowest BCUT2D eigenvalue weighted by molar-refractivity contribution is -0.154. The molecule has 94 valence electrons. The highest BCUT2D eigenvalue weighted by atomic mass is 16.5. The van der Waals surface area contributed by atoms with E-state index in [0.29, 0.717) is 5.56 Å². The Morgan fingerprint density at radius 3 is 2.39 bits per heavy atom. The molecule has 0 aliphatic rings. The van der Waals surface area contributed by atoms with Gasteiger partial charge in [0, 0.05) is 11.7 Å². The summed E-state index contributed by atoms with van der Waals surface area (Å²) >= 11 is 0. The maximum Gasteiger partial charge on any atom is 0.324 e. The van der Waals surface area contributed by atoms with Crippen molar-refractivity contribution in [2.45, 2.75) is 5.92 Å². The van der Waals surface area contributed by atoms with Crippen molar-refractivity contribution in [3.05, 3.63) is 36.0 Å². The van der Waals surface area contributed by atoms with Gasteiger partial charge in [-0.1, -0.05) is 6.07 Å². The monoisotopic (exact) mass is 247 g/mol. The van der Waals surface area contributed by atoms with Crippen LogP contribution in [0.1, 0.15) is 11.5 Å². The number of nitrogens with one attached hydrogen (secondary N) is 1. The van der Waals surface area contributed by atoms with Crippen molar-refractivity contribution in [1.82, 2.24) is 4.98 Å².